The second-order valence-electron chi connectivity index (χ2n) is 5.11. The van der Waals surface area contributed by atoms with E-state index < -0.39 is 0 Å². The molecule has 0 unspecified atom stereocenters. The molecule has 0 saturated heterocycles. The van der Waals surface area contributed by atoms with Crippen LogP contribution in [0.5, 0.6) is 11.5 Å². The Morgan fingerprint density at radius 1 is 0.923 bits per heavy atom. The SMILES string of the molecule is ClC(Cl)=CCOc1cc(Cl)c(OCC/C=C/c2ccc(Cl)cc2)c(Cl)c1. The summed E-state index contributed by atoms with van der Waals surface area (Å²) in [4.78, 5) is 0. The Labute approximate surface area is 177 Å². The van der Waals surface area contributed by atoms with Gasteiger partial charge in [-0.1, -0.05) is 82.3 Å². The van der Waals surface area contributed by atoms with Crippen molar-refractivity contribution in [2.24, 2.45) is 0 Å². The van der Waals surface area contributed by atoms with E-state index >= 15 is 0 Å². The second kappa shape index (κ2) is 11.0. The maximum Gasteiger partial charge on any atom is 0.156 e. The van der Waals surface area contributed by atoms with Crippen molar-refractivity contribution in [2.45, 2.75) is 6.42 Å². The van der Waals surface area contributed by atoms with Gasteiger partial charge < -0.3 is 9.47 Å². The molecule has 26 heavy (non-hydrogen) atoms. The average molecular weight is 453 g/mol. The minimum atomic E-state index is 0.133. The van der Waals surface area contributed by atoms with Crippen LogP contribution >= 0.6 is 58.0 Å². The summed E-state index contributed by atoms with van der Waals surface area (Å²) in [7, 11) is 0. The molecular weight excluding hydrogens is 437 g/mol. The van der Waals surface area contributed by atoms with E-state index in [4.69, 9.17) is 67.5 Å². The van der Waals surface area contributed by atoms with Crippen LogP contribution in [-0.4, -0.2) is 13.2 Å². The summed E-state index contributed by atoms with van der Waals surface area (Å²) in [6.07, 6.45) is 6.22. The van der Waals surface area contributed by atoms with Gasteiger partial charge in [-0.2, -0.15) is 0 Å². The third-order valence-corrected chi connectivity index (χ3v) is 4.29. The zero-order valence-corrected chi connectivity index (χ0v) is 17.3. The molecule has 0 aliphatic rings. The highest BCUT2D eigenvalue weighted by Gasteiger charge is 2.10. The molecule has 0 atom stereocenters. The summed E-state index contributed by atoms with van der Waals surface area (Å²) >= 11 is 29.3. The molecule has 7 heteroatoms. The molecule has 0 spiro atoms. The fourth-order valence-electron chi connectivity index (χ4n) is 1.98. The highest BCUT2D eigenvalue weighted by molar-refractivity contribution is 6.55. The molecule has 2 nitrogen and oxygen atoms in total. The number of hydrogen-bond acceptors (Lipinski definition) is 2. The minimum absolute atomic E-state index is 0.133. The highest BCUT2D eigenvalue weighted by Crippen LogP contribution is 2.37. The predicted octanol–water partition coefficient (Wildman–Crippen LogP) is 7.83. The van der Waals surface area contributed by atoms with Gasteiger partial charge in [0.25, 0.3) is 0 Å². The lowest BCUT2D eigenvalue weighted by atomic mass is 10.2. The van der Waals surface area contributed by atoms with Crippen molar-refractivity contribution in [3.63, 3.8) is 0 Å². The van der Waals surface area contributed by atoms with E-state index in [1.165, 1.54) is 6.08 Å². The van der Waals surface area contributed by atoms with Crippen LogP contribution in [0.3, 0.4) is 0 Å². The molecule has 0 N–H and O–H groups in total. The summed E-state index contributed by atoms with van der Waals surface area (Å²) in [5.41, 5.74) is 1.07. The first kappa shape index (κ1) is 21.3. The summed E-state index contributed by atoms with van der Waals surface area (Å²) in [5.74, 6) is 0.923. The lowest BCUT2D eigenvalue weighted by molar-refractivity contribution is 0.323. The van der Waals surface area contributed by atoms with Gasteiger partial charge in [-0.05, 0) is 30.2 Å². The molecule has 2 rings (SSSR count). The van der Waals surface area contributed by atoms with Gasteiger partial charge in [0, 0.05) is 17.2 Å². The molecule has 2 aromatic rings. The smallest absolute Gasteiger partial charge is 0.156 e. The van der Waals surface area contributed by atoms with E-state index in [1.807, 2.05) is 36.4 Å². The molecule has 0 fully saturated rings. The van der Waals surface area contributed by atoms with Crippen LogP contribution in [0.4, 0.5) is 0 Å². The number of halogens is 5. The Hall–Kier alpha value is -1.03. The maximum atomic E-state index is 6.21. The quantitative estimate of drug-likeness (QED) is 0.380. The van der Waals surface area contributed by atoms with Crippen LogP contribution in [0.1, 0.15) is 12.0 Å². The summed E-state index contributed by atoms with van der Waals surface area (Å²) in [6.45, 7) is 0.652. The minimum Gasteiger partial charge on any atom is -0.490 e. The summed E-state index contributed by atoms with van der Waals surface area (Å²) in [5, 5.41) is 1.45. The molecule has 138 valence electrons. The summed E-state index contributed by atoms with van der Waals surface area (Å²) < 4.78 is 11.3. The van der Waals surface area contributed by atoms with Crippen LogP contribution in [0.2, 0.25) is 15.1 Å². The van der Waals surface area contributed by atoms with Gasteiger partial charge in [-0.25, -0.2) is 0 Å². The van der Waals surface area contributed by atoms with Crippen LogP contribution in [0.15, 0.2) is 53.0 Å². The Morgan fingerprint density at radius 3 is 2.19 bits per heavy atom. The first-order valence-corrected chi connectivity index (χ1v) is 9.52. The van der Waals surface area contributed by atoms with Gasteiger partial charge in [0.1, 0.15) is 16.8 Å². The number of ether oxygens (including phenoxy) is 2. The fourth-order valence-corrected chi connectivity index (χ4v) is 2.81. The first-order valence-electron chi connectivity index (χ1n) is 7.63. The normalized spacial score (nSPS) is 10.8. The van der Waals surface area contributed by atoms with Crippen LogP contribution < -0.4 is 9.47 Å². The van der Waals surface area contributed by atoms with E-state index in [1.54, 1.807) is 12.1 Å². The zero-order chi connectivity index (χ0) is 18.9. The van der Waals surface area contributed by atoms with Gasteiger partial charge in [-0.3, -0.25) is 0 Å². The third kappa shape index (κ3) is 7.30. The van der Waals surface area contributed by atoms with Gasteiger partial charge in [0.15, 0.2) is 5.75 Å². The maximum absolute atomic E-state index is 6.21. The van der Waals surface area contributed by atoms with Crippen molar-refractivity contribution in [1.82, 2.24) is 0 Å². The molecule has 0 aliphatic carbocycles. The standard InChI is InChI=1S/C19H15Cl5O2/c20-14-6-4-13(5-7-14)3-1-2-9-26-19-16(21)11-15(12-17(19)22)25-10-8-18(23)24/h1,3-8,11-12H,2,9-10H2/b3-1+. The first-order chi connectivity index (χ1) is 12.5. The second-order valence-corrected chi connectivity index (χ2v) is 7.37. The van der Waals surface area contributed by atoms with Gasteiger partial charge in [0.05, 0.1) is 16.7 Å². The van der Waals surface area contributed by atoms with Crippen molar-refractivity contribution in [1.29, 1.82) is 0 Å². The highest BCUT2D eigenvalue weighted by atomic mass is 35.5. The Kier molecular flexibility index (Phi) is 8.97. The van der Waals surface area contributed by atoms with E-state index in [2.05, 4.69) is 0 Å². The van der Waals surface area contributed by atoms with E-state index in [0.717, 1.165) is 5.56 Å². The lowest BCUT2D eigenvalue weighted by Gasteiger charge is -2.11. The van der Waals surface area contributed by atoms with Crippen molar-refractivity contribution in [3.8, 4) is 11.5 Å². The number of hydrogen-bond donors (Lipinski definition) is 0. The average Bonchev–Trinajstić information content (AvgIpc) is 2.58. The zero-order valence-electron chi connectivity index (χ0n) is 13.5. The molecule has 0 amide bonds. The number of rotatable bonds is 8. The molecule has 0 heterocycles. The Morgan fingerprint density at radius 2 is 1.58 bits per heavy atom. The third-order valence-electron chi connectivity index (χ3n) is 3.17. The Balaban J connectivity index is 1.87. The monoisotopic (exact) mass is 450 g/mol. The molecule has 0 saturated carbocycles. The van der Waals surface area contributed by atoms with Gasteiger partial charge >= 0.3 is 0 Å². The van der Waals surface area contributed by atoms with E-state index in [-0.39, 0.29) is 11.1 Å². The topological polar surface area (TPSA) is 18.5 Å². The molecule has 2 aromatic carbocycles. The van der Waals surface area contributed by atoms with Crippen molar-refractivity contribution in [3.05, 3.63) is 73.7 Å². The fraction of sp³-hybridized carbons (Fsp3) is 0.158. The predicted molar refractivity (Wildman–Crippen MR) is 112 cm³/mol. The number of benzene rings is 2. The van der Waals surface area contributed by atoms with Crippen LogP contribution in [0.25, 0.3) is 6.08 Å². The molecular formula is C19H15Cl5O2. The van der Waals surface area contributed by atoms with Crippen molar-refractivity contribution in [2.75, 3.05) is 13.2 Å². The van der Waals surface area contributed by atoms with E-state index in [9.17, 15) is 0 Å². The van der Waals surface area contributed by atoms with Crippen molar-refractivity contribution >= 4 is 64.1 Å². The Bertz CT molecular complexity index is 758. The molecule has 0 bridgehead atoms. The van der Waals surface area contributed by atoms with Crippen LogP contribution in [-0.2, 0) is 0 Å². The van der Waals surface area contributed by atoms with Crippen LogP contribution in [0, 0.1) is 0 Å². The largest absolute Gasteiger partial charge is 0.490 e. The van der Waals surface area contributed by atoms with Gasteiger partial charge in [0.2, 0.25) is 0 Å². The molecule has 0 aliphatic heterocycles. The summed E-state index contributed by atoms with van der Waals surface area (Å²) in [6, 6.07) is 10.8. The van der Waals surface area contributed by atoms with Gasteiger partial charge in [-0.15, -0.1) is 0 Å². The van der Waals surface area contributed by atoms with E-state index in [0.29, 0.717) is 39.6 Å². The molecule has 0 aromatic heterocycles. The van der Waals surface area contributed by atoms with Crippen molar-refractivity contribution < 1.29 is 9.47 Å². The lowest BCUT2D eigenvalue weighted by Crippen LogP contribution is -1.99. The molecule has 0 radical (unpaired) electrons.